The van der Waals surface area contributed by atoms with Crippen LogP contribution in [-0.2, 0) is 0 Å². The van der Waals surface area contributed by atoms with Crippen molar-refractivity contribution < 1.29 is 8.83 Å². The molecule has 0 fully saturated rings. The lowest BCUT2D eigenvalue weighted by molar-refractivity contribution is 0.563. The second-order valence-electron chi connectivity index (χ2n) is 6.01. The molecular formula is C21H11NO4S. The Morgan fingerprint density at radius 2 is 1.30 bits per heavy atom. The van der Waals surface area contributed by atoms with Crippen molar-refractivity contribution in [3.63, 3.8) is 0 Å². The van der Waals surface area contributed by atoms with Crippen LogP contribution in [0.4, 0.5) is 0 Å². The molecule has 6 heteroatoms. The Morgan fingerprint density at radius 1 is 0.741 bits per heavy atom. The van der Waals surface area contributed by atoms with E-state index >= 15 is 0 Å². The first-order chi connectivity index (χ1) is 13.2. The molecular weight excluding hydrogens is 362 g/mol. The standard InChI is InChI=1S/C21H11NO4S/c23-20-14(9-12-5-1-3-7-17(12)25-20)16-11-27-19(22-16)15-10-13-6-2-4-8-18(13)26-21(15)24/h1-11H. The van der Waals surface area contributed by atoms with Crippen molar-refractivity contribution in [3.8, 4) is 21.8 Å². The van der Waals surface area contributed by atoms with Crippen LogP contribution in [0.2, 0.25) is 0 Å². The van der Waals surface area contributed by atoms with E-state index in [1.165, 1.54) is 11.3 Å². The van der Waals surface area contributed by atoms with Gasteiger partial charge in [0.1, 0.15) is 16.2 Å². The Labute approximate surface area is 156 Å². The van der Waals surface area contributed by atoms with Gasteiger partial charge < -0.3 is 8.83 Å². The van der Waals surface area contributed by atoms with E-state index < -0.39 is 11.3 Å². The van der Waals surface area contributed by atoms with E-state index in [0.717, 1.165) is 10.8 Å². The number of rotatable bonds is 2. The van der Waals surface area contributed by atoms with Crippen molar-refractivity contribution in [2.24, 2.45) is 0 Å². The minimum Gasteiger partial charge on any atom is -0.422 e. The van der Waals surface area contributed by atoms with Crippen molar-refractivity contribution in [2.75, 3.05) is 0 Å². The quantitative estimate of drug-likeness (QED) is 0.420. The van der Waals surface area contributed by atoms with E-state index in [9.17, 15) is 9.59 Å². The van der Waals surface area contributed by atoms with Crippen LogP contribution >= 0.6 is 11.3 Å². The molecule has 2 aromatic carbocycles. The SMILES string of the molecule is O=c1oc2ccccc2cc1-c1csc(-c2cc3ccccc3oc2=O)n1. The van der Waals surface area contributed by atoms with Gasteiger partial charge in [0, 0.05) is 16.2 Å². The minimum atomic E-state index is -0.462. The summed E-state index contributed by atoms with van der Waals surface area (Å²) in [5.41, 5.74) is 1.34. The first kappa shape index (κ1) is 15.7. The lowest BCUT2D eigenvalue weighted by Crippen LogP contribution is -2.04. The molecule has 0 amide bonds. The summed E-state index contributed by atoms with van der Waals surface area (Å²) in [5.74, 6) is 0. The van der Waals surface area contributed by atoms with Crippen LogP contribution in [0.5, 0.6) is 0 Å². The first-order valence-electron chi connectivity index (χ1n) is 8.21. The van der Waals surface area contributed by atoms with Gasteiger partial charge in [0.2, 0.25) is 0 Å². The number of hydrogen-bond acceptors (Lipinski definition) is 6. The van der Waals surface area contributed by atoms with Crippen molar-refractivity contribution in [3.05, 3.63) is 86.9 Å². The maximum atomic E-state index is 12.3. The van der Waals surface area contributed by atoms with Crippen molar-refractivity contribution in [2.45, 2.75) is 0 Å². The maximum absolute atomic E-state index is 12.3. The number of nitrogens with zero attached hydrogens (tertiary/aromatic N) is 1. The number of fused-ring (bicyclic) bond motifs is 2. The summed E-state index contributed by atoms with van der Waals surface area (Å²) in [4.78, 5) is 29.2. The van der Waals surface area contributed by atoms with Crippen molar-refractivity contribution in [1.82, 2.24) is 4.98 Å². The highest BCUT2D eigenvalue weighted by molar-refractivity contribution is 7.13. The molecule has 5 aromatic rings. The molecule has 0 bridgehead atoms. The summed E-state index contributed by atoms with van der Waals surface area (Å²) < 4.78 is 10.7. The molecule has 0 saturated heterocycles. The zero-order valence-electron chi connectivity index (χ0n) is 13.8. The number of para-hydroxylation sites is 2. The number of thiazole rings is 1. The van der Waals surface area contributed by atoms with Crippen molar-refractivity contribution >= 4 is 33.3 Å². The first-order valence-corrected chi connectivity index (χ1v) is 9.09. The third-order valence-corrected chi connectivity index (χ3v) is 5.17. The Kier molecular flexibility index (Phi) is 3.51. The second kappa shape index (κ2) is 6.03. The average molecular weight is 373 g/mol. The van der Waals surface area contributed by atoms with Gasteiger partial charge in [0.25, 0.3) is 0 Å². The Hall–Kier alpha value is -3.51. The predicted octanol–water partition coefficient (Wildman–Crippen LogP) is 4.69. The zero-order chi connectivity index (χ0) is 18.4. The van der Waals surface area contributed by atoms with Gasteiger partial charge in [-0.3, -0.25) is 0 Å². The highest BCUT2D eigenvalue weighted by Gasteiger charge is 2.15. The van der Waals surface area contributed by atoms with Gasteiger partial charge in [-0.1, -0.05) is 36.4 Å². The molecule has 0 unspecified atom stereocenters. The van der Waals surface area contributed by atoms with E-state index in [4.69, 9.17) is 8.83 Å². The van der Waals surface area contributed by atoms with E-state index in [1.807, 2.05) is 36.4 Å². The number of aromatic nitrogens is 1. The molecule has 0 N–H and O–H groups in total. The third kappa shape index (κ3) is 2.67. The lowest BCUT2D eigenvalue weighted by atomic mass is 10.1. The topological polar surface area (TPSA) is 73.3 Å². The molecule has 0 atom stereocenters. The van der Waals surface area contributed by atoms with Crippen molar-refractivity contribution in [1.29, 1.82) is 0 Å². The molecule has 5 nitrogen and oxygen atoms in total. The summed E-state index contributed by atoms with van der Waals surface area (Å²) in [6, 6.07) is 18.1. The largest absolute Gasteiger partial charge is 0.422 e. The van der Waals surface area contributed by atoms with E-state index in [1.54, 1.807) is 29.6 Å². The molecule has 0 aliphatic heterocycles. The maximum Gasteiger partial charge on any atom is 0.346 e. The van der Waals surface area contributed by atoms with Gasteiger partial charge in [-0.15, -0.1) is 11.3 Å². The van der Waals surface area contributed by atoms with E-state index in [0.29, 0.717) is 33.0 Å². The molecule has 5 rings (SSSR count). The summed E-state index contributed by atoms with van der Waals surface area (Å²) in [7, 11) is 0. The fourth-order valence-corrected chi connectivity index (χ4v) is 3.80. The zero-order valence-corrected chi connectivity index (χ0v) is 14.7. The van der Waals surface area contributed by atoms with Crippen LogP contribution in [0.3, 0.4) is 0 Å². The van der Waals surface area contributed by atoms with Crippen LogP contribution in [0, 0.1) is 0 Å². The lowest BCUT2D eigenvalue weighted by Gasteiger charge is -2.00. The smallest absolute Gasteiger partial charge is 0.346 e. The van der Waals surface area contributed by atoms with Crippen LogP contribution in [-0.4, -0.2) is 4.98 Å². The summed E-state index contributed by atoms with van der Waals surface area (Å²) in [5, 5.41) is 3.86. The van der Waals surface area contributed by atoms with Crippen LogP contribution in [0.25, 0.3) is 43.8 Å². The normalized spacial score (nSPS) is 11.3. The Bertz CT molecular complexity index is 1320. The molecule has 3 aromatic heterocycles. The minimum absolute atomic E-state index is 0.362. The molecule has 0 radical (unpaired) electrons. The van der Waals surface area contributed by atoms with Gasteiger partial charge in [-0.2, -0.15) is 0 Å². The monoisotopic (exact) mass is 373 g/mol. The fraction of sp³-hybridized carbons (Fsp3) is 0. The van der Waals surface area contributed by atoms with Gasteiger partial charge >= 0.3 is 11.3 Å². The second-order valence-corrected chi connectivity index (χ2v) is 6.87. The van der Waals surface area contributed by atoms with Gasteiger partial charge in [-0.25, -0.2) is 14.6 Å². The third-order valence-electron chi connectivity index (χ3n) is 4.29. The fourth-order valence-electron chi connectivity index (χ4n) is 2.97. The van der Waals surface area contributed by atoms with Crippen LogP contribution < -0.4 is 11.3 Å². The summed E-state index contributed by atoms with van der Waals surface area (Å²) in [6.07, 6.45) is 0. The summed E-state index contributed by atoms with van der Waals surface area (Å²) >= 11 is 1.28. The van der Waals surface area contributed by atoms with Crippen LogP contribution in [0.15, 0.2) is 84.5 Å². The molecule has 27 heavy (non-hydrogen) atoms. The molecule has 130 valence electrons. The molecule has 0 saturated carbocycles. The molecule has 0 spiro atoms. The number of benzene rings is 2. The molecule has 3 heterocycles. The van der Waals surface area contributed by atoms with Gasteiger partial charge in [0.15, 0.2) is 0 Å². The van der Waals surface area contributed by atoms with E-state index in [2.05, 4.69) is 4.98 Å². The van der Waals surface area contributed by atoms with Gasteiger partial charge in [-0.05, 0) is 24.3 Å². The van der Waals surface area contributed by atoms with E-state index in [-0.39, 0.29) is 0 Å². The Balaban J connectivity index is 1.65. The van der Waals surface area contributed by atoms with Crippen LogP contribution in [0.1, 0.15) is 0 Å². The molecule has 0 aliphatic carbocycles. The summed E-state index contributed by atoms with van der Waals surface area (Å²) in [6.45, 7) is 0. The predicted molar refractivity (Wildman–Crippen MR) is 105 cm³/mol. The van der Waals surface area contributed by atoms with Gasteiger partial charge in [0.05, 0.1) is 16.8 Å². The average Bonchev–Trinajstić information content (AvgIpc) is 3.16. The Morgan fingerprint density at radius 3 is 1.96 bits per heavy atom. The highest BCUT2D eigenvalue weighted by Crippen LogP contribution is 2.28. The highest BCUT2D eigenvalue weighted by atomic mass is 32.1. The number of hydrogen-bond donors (Lipinski definition) is 0. The molecule has 0 aliphatic rings.